The van der Waals surface area contributed by atoms with Crippen molar-refractivity contribution in [1.29, 1.82) is 0 Å². The Morgan fingerprint density at radius 2 is 2.00 bits per heavy atom. The van der Waals surface area contributed by atoms with Gasteiger partial charge in [-0.3, -0.25) is 9.59 Å². The van der Waals surface area contributed by atoms with Crippen molar-refractivity contribution in [3.63, 3.8) is 0 Å². The van der Waals surface area contributed by atoms with Gasteiger partial charge in [-0.1, -0.05) is 25.8 Å². The fourth-order valence-electron chi connectivity index (χ4n) is 3.04. The highest BCUT2D eigenvalue weighted by molar-refractivity contribution is 6.00. The number of rotatable bonds is 6. The molecular formula is C18H26N2O4. The summed E-state index contributed by atoms with van der Waals surface area (Å²) < 4.78 is 10.6. The number of unbranched alkanes of at least 4 members (excludes halogenated alkanes) is 1. The van der Waals surface area contributed by atoms with E-state index in [0.717, 1.165) is 12.8 Å². The van der Waals surface area contributed by atoms with Crippen molar-refractivity contribution in [1.82, 2.24) is 9.80 Å². The number of ether oxygens (including phenoxy) is 2. The van der Waals surface area contributed by atoms with E-state index >= 15 is 0 Å². The highest BCUT2D eigenvalue weighted by Gasteiger charge is 2.36. The van der Waals surface area contributed by atoms with Gasteiger partial charge in [-0.05, 0) is 18.6 Å². The molecule has 0 aromatic heterocycles. The summed E-state index contributed by atoms with van der Waals surface area (Å²) in [4.78, 5) is 29.0. The molecule has 1 aliphatic heterocycles. The van der Waals surface area contributed by atoms with Crippen molar-refractivity contribution in [2.75, 3.05) is 34.4 Å². The maximum Gasteiger partial charge on any atom is 0.258 e. The van der Waals surface area contributed by atoms with E-state index in [9.17, 15) is 9.59 Å². The van der Waals surface area contributed by atoms with Crippen LogP contribution in [0, 0.1) is 0 Å². The molecule has 1 heterocycles. The summed E-state index contributed by atoms with van der Waals surface area (Å²) in [5.41, 5.74) is 0.427. The van der Waals surface area contributed by atoms with E-state index < -0.39 is 6.04 Å². The van der Waals surface area contributed by atoms with E-state index in [1.807, 2.05) is 0 Å². The molecule has 1 aliphatic rings. The Hall–Kier alpha value is -2.24. The van der Waals surface area contributed by atoms with Crippen LogP contribution in [-0.4, -0.2) is 62.0 Å². The van der Waals surface area contributed by atoms with E-state index in [4.69, 9.17) is 9.47 Å². The summed E-state index contributed by atoms with van der Waals surface area (Å²) in [6, 6.07) is 4.81. The summed E-state index contributed by atoms with van der Waals surface area (Å²) in [5.74, 6) is 0.734. The third-order valence-corrected chi connectivity index (χ3v) is 4.44. The Morgan fingerprint density at radius 1 is 1.25 bits per heavy atom. The number of nitrogens with zero attached hydrogens (tertiary/aromatic N) is 2. The van der Waals surface area contributed by atoms with Gasteiger partial charge in [0.2, 0.25) is 5.91 Å². The van der Waals surface area contributed by atoms with Crippen molar-refractivity contribution >= 4 is 11.8 Å². The molecule has 6 nitrogen and oxygen atoms in total. The Labute approximate surface area is 143 Å². The van der Waals surface area contributed by atoms with Crippen LogP contribution in [0.5, 0.6) is 11.5 Å². The Kier molecular flexibility index (Phi) is 6.06. The standard InChI is InChI=1S/C18H26N2O4/c1-5-6-9-14-18(22)19(2)11-12-20(14)17(21)13-8-7-10-15(23-3)16(13)24-4/h7-8,10,14H,5-6,9,11-12H2,1-4H3/t14-/m1/s1. The molecule has 0 radical (unpaired) electrons. The Balaban J connectivity index is 2.34. The lowest BCUT2D eigenvalue weighted by Gasteiger charge is -2.39. The normalized spacial score (nSPS) is 17.8. The third-order valence-electron chi connectivity index (χ3n) is 4.44. The van der Waals surface area contributed by atoms with Gasteiger partial charge >= 0.3 is 0 Å². The largest absolute Gasteiger partial charge is 0.493 e. The highest BCUT2D eigenvalue weighted by atomic mass is 16.5. The van der Waals surface area contributed by atoms with Crippen molar-refractivity contribution in [3.8, 4) is 11.5 Å². The van der Waals surface area contributed by atoms with E-state index in [1.165, 1.54) is 14.2 Å². The SMILES string of the molecule is CCCC[C@@H]1C(=O)N(C)CCN1C(=O)c1cccc(OC)c1OC. The average molecular weight is 334 g/mol. The fraction of sp³-hybridized carbons (Fsp3) is 0.556. The second kappa shape index (κ2) is 8.04. The summed E-state index contributed by atoms with van der Waals surface area (Å²) in [5, 5.41) is 0. The molecule has 0 bridgehead atoms. The van der Waals surface area contributed by atoms with Crippen LogP contribution in [0.4, 0.5) is 0 Å². The number of hydrogen-bond donors (Lipinski definition) is 0. The first-order valence-corrected chi connectivity index (χ1v) is 8.32. The van der Waals surface area contributed by atoms with Gasteiger partial charge in [-0.25, -0.2) is 0 Å². The molecule has 0 saturated carbocycles. The van der Waals surface area contributed by atoms with E-state index in [2.05, 4.69) is 6.92 Å². The van der Waals surface area contributed by atoms with E-state index in [1.54, 1.807) is 35.0 Å². The molecule has 0 aliphatic carbocycles. The molecule has 0 N–H and O–H groups in total. The molecule has 2 rings (SSSR count). The van der Waals surface area contributed by atoms with E-state index in [-0.39, 0.29) is 11.8 Å². The van der Waals surface area contributed by atoms with Gasteiger partial charge in [0, 0.05) is 20.1 Å². The van der Waals surface area contributed by atoms with Crippen LogP contribution in [0.15, 0.2) is 18.2 Å². The first-order chi connectivity index (χ1) is 11.5. The number of hydrogen-bond acceptors (Lipinski definition) is 4. The molecular weight excluding hydrogens is 308 g/mol. The summed E-state index contributed by atoms with van der Waals surface area (Å²) >= 11 is 0. The molecule has 1 fully saturated rings. The smallest absolute Gasteiger partial charge is 0.258 e. The second-order valence-electron chi connectivity index (χ2n) is 5.96. The predicted octanol–water partition coefficient (Wildman–Crippen LogP) is 2.18. The van der Waals surface area contributed by atoms with Crippen molar-refractivity contribution in [2.24, 2.45) is 0 Å². The van der Waals surface area contributed by atoms with Crippen LogP contribution >= 0.6 is 0 Å². The fourth-order valence-corrected chi connectivity index (χ4v) is 3.04. The van der Waals surface area contributed by atoms with Crippen LogP contribution < -0.4 is 9.47 Å². The zero-order chi connectivity index (χ0) is 17.7. The summed E-state index contributed by atoms with van der Waals surface area (Å²) in [6.45, 7) is 3.14. The number of benzene rings is 1. The van der Waals surface area contributed by atoms with Gasteiger partial charge in [0.25, 0.3) is 5.91 Å². The summed E-state index contributed by atoms with van der Waals surface area (Å²) in [7, 11) is 4.84. The van der Waals surface area contributed by atoms with Crippen molar-refractivity contribution in [3.05, 3.63) is 23.8 Å². The first kappa shape index (κ1) is 18.1. The number of carbonyl (C=O) groups excluding carboxylic acids is 2. The van der Waals surface area contributed by atoms with Crippen LogP contribution in [0.3, 0.4) is 0 Å². The molecule has 1 aromatic carbocycles. The Morgan fingerprint density at radius 3 is 2.62 bits per heavy atom. The molecule has 24 heavy (non-hydrogen) atoms. The van der Waals surface area contributed by atoms with Gasteiger partial charge < -0.3 is 19.3 Å². The van der Waals surface area contributed by atoms with Crippen LogP contribution in [0.2, 0.25) is 0 Å². The Bertz CT molecular complexity index is 603. The van der Waals surface area contributed by atoms with Crippen LogP contribution in [0.25, 0.3) is 0 Å². The molecule has 6 heteroatoms. The molecule has 1 atom stereocenters. The van der Waals surface area contributed by atoms with Crippen LogP contribution in [-0.2, 0) is 4.79 Å². The summed E-state index contributed by atoms with van der Waals surface area (Å²) in [6.07, 6.45) is 2.57. The number of amides is 2. The lowest BCUT2D eigenvalue weighted by atomic mass is 10.0. The van der Waals surface area contributed by atoms with Gasteiger partial charge in [-0.2, -0.15) is 0 Å². The quantitative estimate of drug-likeness (QED) is 0.800. The van der Waals surface area contributed by atoms with Gasteiger partial charge in [0.05, 0.1) is 19.8 Å². The lowest BCUT2D eigenvalue weighted by molar-refractivity contribution is -0.138. The van der Waals surface area contributed by atoms with Gasteiger partial charge in [0.1, 0.15) is 6.04 Å². The number of piperazine rings is 1. The van der Waals surface area contributed by atoms with Crippen LogP contribution in [0.1, 0.15) is 36.5 Å². The zero-order valence-corrected chi connectivity index (χ0v) is 14.9. The minimum atomic E-state index is -0.410. The van der Waals surface area contributed by atoms with Crippen molar-refractivity contribution < 1.29 is 19.1 Å². The highest BCUT2D eigenvalue weighted by Crippen LogP contribution is 2.32. The number of methoxy groups -OCH3 is 2. The minimum Gasteiger partial charge on any atom is -0.493 e. The van der Waals surface area contributed by atoms with Gasteiger partial charge in [-0.15, -0.1) is 0 Å². The lowest BCUT2D eigenvalue weighted by Crippen LogP contribution is -2.57. The minimum absolute atomic E-state index is 0.00455. The monoisotopic (exact) mass is 334 g/mol. The maximum atomic E-state index is 13.1. The van der Waals surface area contributed by atoms with Gasteiger partial charge in [0.15, 0.2) is 11.5 Å². The van der Waals surface area contributed by atoms with E-state index in [0.29, 0.717) is 36.6 Å². The molecule has 2 amide bonds. The molecule has 0 unspecified atom stereocenters. The maximum absolute atomic E-state index is 13.1. The number of carbonyl (C=O) groups is 2. The zero-order valence-electron chi connectivity index (χ0n) is 14.9. The third kappa shape index (κ3) is 3.47. The number of likely N-dealkylation sites (N-methyl/N-ethyl adjacent to an activating group) is 1. The topological polar surface area (TPSA) is 59.1 Å². The molecule has 0 spiro atoms. The van der Waals surface area contributed by atoms with Crippen molar-refractivity contribution in [2.45, 2.75) is 32.2 Å². The molecule has 1 aromatic rings. The number of para-hydroxylation sites is 1. The molecule has 132 valence electrons. The first-order valence-electron chi connectivity index (χ1n) is 8.32. The second-order valence-corrected chi connectivity index (χ2v) is 5.96. The molecule has 1 saturated heterocycles. The average Bonchev–Trinajstić information content (AvgIpc) is 2.61. The predicted molar refractivity (Wildman–Crippen MR) is 91.5 cm³/mol.